The predicted octanol–water partition coefficient (Wildman–Crippen LogP) is 3.04. The molecule has 4 nitrogen and oxygen atoms in total. The summed E-state index contributed by atoms with van der Waals surface area (Å²) in [6.45, 7) is 1.44. The summed E-state index contributed by atoms with van der Waals surface area (Å²) in [6.07, 6.45) is -6.45. The Morgan fingerprint density at radius 3 is 2.26 bits per heavy atom. The van der Waals surface area contributed by atoms with Crippen molar-refractivity contribution in [3.63, 3.8) is 0 Å². The average Bonchev–Trinajstić information content (AvgIpc) is 2.89. The quantitative estimate of drug-likeness (QED) is 0.865. The van der Waals surface area contributed by atoms with Gasteiger partial charge in [0.2, 0.25) is 6.17 Å². The Bertz CT molecular complexity index is 614. The van der Waals surface area contributed by atoms with Gasteiger partial charge in [-0.1, -0.05) is 12.1 Å². The molecular formula is C15H15F4NO3. The molecule has 0 aromatic heterocycles. The van der Waals surface area contributed by atoms with E-state index in [1.54, 1.807) is 0 Å². The summed E-state index contributed by atoms with van der Waals surface area (Å²) in [4.78, 5) is 24.3. The van der Waals surface area contributed by atoms with Crippen LogP contribution in [0, 0.1) is 5.41 Å². The Hall–Kier alpha value is -2.12. The molecule has 0 spiro atoms. The number of carboxylic acid groups (broad SMARTS) is 1. The van der Waals surface area contributed by atoms with Crippen LogP contribution in [0.15, 0.2) is 24.3 Å². The molecule has 1 fully saturated rings. The first-order valence-corrected chi connectivity index (χ1v) is 6.88. The van der Waals surface area contributed by atoms with Gasteiger partial charge in [0.1, 0.15) is 0 Å². The van der Waals surface area contributed by atoms with E-state index in [0.717, 1.165) is 17.0 Å². The summed E-state index contributed by atoms with van der Waals surface area (Å²) in [5.41, 5.74) is -2.25. The first-order chi connectivity index (χ1) is 10.5. The third-order valence-corrected chi connectivity index (χ3v) is 4.05. The molecule has 23 heavy (non-hydrogen) atoms. The van der Waals surface area contributed by atoms with Crippen molar-refractivity contribution in [3.8, 4) is 0 Å². The highest BCUT2D eigenvalue weighted by Gasteiger charge is 2.43. The lowest BCUT2D eigenvalue weighted by Gasteiger charge is -2.22. The van der Waals surface area contributed by atoms with Crippen LogP contribution in [0.2, 0.25) is 0 Å². The number of carbonyl (C=O) groups excluding carboxylic acids is 1. The van der Waals surface area contributed by atoms with Crippen LogP contribution in [-0.2, 0) is 15.8 Å². The van der Waals surface area contributed by atoms with E-state index in [1.165, 1.54) is 6.92 Å². The number of carbonyl (C=O) groups is 2. The van der Waals surface area contributed by atoms with Crippen molar-refractivity contribution >= 4 is 11.9 Å². The molecule has 1 amide bonds. The van der Waals surface area contributed by atoms with Crippen LogP contribution in [0.4, 0.5) is 17.6 Å². The van der Waals surface area contributed by atoms with Crippen molar-refractivity contribution in [3.05, 3.63) is 35.4 Å². The maximum Gasteiger partial charge on any atom is 0.416 e. The Labute approximate surface area is 129 Å². The number of nitrogens with zero attached hydrogens (tertiary/aromatic N) is 1. The molecule has 1 aromatic carbocycles. The van der Waals surface area contributed by atoms with Crippen LogP contribution < -0.4 is 0 Å². The molecule has 2 atom stereocenters. The van der Waals surface area contributed by atoms with E-state index < -0.39 is 35.2 Å². The highest BCUT2D eigenvalue weighted by atomic mass is 19.4. The van der Waals surface area contributed by atoms with Gasteiger partial charge in [-0.05, 0) is 31.0 Å². The number of alkyl halides is 4. The van der Waals surface area contributed by atoms with E-state index in [-0.39, 0.29) is 25.1 Å². The van der Waals surface area contributed by atoms with Crippen LogP contribution in [-0.4, -0.2) is 35.0 Å². The van der Waals surface area contributed by atoms with E-state index in [9.17, 15) is 27.2 Å². The van der Waals surface area contributed by atoms with Crippen molar-refractivity contribution < 1.29 is 32.3 Å². The fourth-order valence-electron chi connectivity index (χ4n) is 2.47. The minimum absolute atomic E-state index is 0.0999. The van der Waals surface area contributed by atoms with Gasteiger partial charge in [0.25, 0.3) is 5.91 Å². The Morgan fingerprint density at radius 2 is 1.83 bits per heavy atom. The van der Waals surface area contributed by atoms with Crippen molar-refractivity contribution in [2.45, 2.75) is 25.7 Å². The smallest absolute Gasteiger partial charge is 0.416 e. The molecule has 126 valence electrons. The number of amides is 1. The second kappa shape index (κ2) is 5.82. The first-order valence-electron chi connectivity index (χ1n) is 6.88. The maximum absolute atomic E-state index is 14.2. The van der Waals surface area contributed by atoms with Gasteiger partial charge < -0.3 is 10.0 Å². The standard InChI is InChI=1S/C15H15F4NO3/c1-14(13(22)23)6-7-20(8-14)12(21)11(16)9-2-4-10(5-3-9)15(17,18)19/h2-5,11H,6-8H2,1H3,(H,22,23). The molecule has 1 aromatic rings. The van der Waals surface area contributed by atoms with E-state index in [4.69, 9.17) is 5.11 Å². The van der Waals surface area contributed by atoms with Gasteiger partial charge in [0.15, 0.2) is 0 Å². The highest BCUT2D eigenvalue weighted by Crippen LogP contribution is 2.34. The molecular weight excluding hydrogens is 318 g/mol. The molecule has 0 saturated carbocycles. The summed E-state index contributed by atoms with van der Waals surface area (Å²) < 4.78 is 51.6. The summed E-state index contributed by atoms with van der Waals surface area (Å²) in [5.74, 6) is -2.01. The fourth-order valence-corrected chi connectivity index (χ4v) is 2.47. The molecule has 0 radical (unpaired) electrons. The van der Waals surface area contributed by atoms with Gasteiger partial charge in [-0.2, -0.15) is 13.2 Å². The average molecular weight is 333 g/mol. The SMILES string of the molecule is CC1(C(=O)O)CCN(C(=O)C(F)c2ccc(C(F)(F)F)cc2)C1. The van der Waals surface area contributed by atoms with E-state index in [0.29, 0.717) is 12.1 Å². The first kappa shape index (κ1) is 17.2. The summed E-state index contributed by atoms with van der Waals surface area (Å²) in [6, 6.07) is 3.25. The topological polar surface area (TPSA) is 57.6 Å². The third kappa shape index (κ3) is 3.46. The number of likely N-dealkylation sites (tertiary alicyclic amines) is 1. The number of hydrogen-bond acceptors (Lipinski definition) is 2. The molecule has 1 saturated heterocycles. The number of halogens is 4. The Morgan fingerprint density at radius 1 is 1.26 bits per heavy atom. The number of benzene rings is 1. The lowest BCUT2D eigenvalue weighted by atomic mass is 9.90. The van der Waals surface area contributed by atoms with Crippen molar-refractivity contribution in [1.29, 1.82) is 0 Å². The largest absolute Gasteiger partial charge is 0.481 e. The molecule has 2 rings (SSSR count). The summed E-state index contributed by atoms with van der Waals surface area (Å²) in [7, 11) is 0. The second-order valence-electron chi connectivity index (χ2n) is 5.86. The van der Waals surface area contributed by atoms with Gasteiger partial charge in [0, 0.05) is 13.1 Å². The van der Waals surface area contributed by atoms with Gasteiger partial charge in [-0.15, -0.1) is 0 Å². The summed E-state index contributed by atoms with van der Waals surface area (Å²) in [5, 5.41) is 9.10. The number of carboxylic acids is 1. The van der Waals surface area contributed by atoms with Crippen LogP contribution >= 0.6 is 0 Å². The Kier molecular flexibility index (Phi) is 4.37. The molecule has 1 aliphatic rings. The summed E-state index contributed by atoms with van der Waals surface area (Å²) >= 11 is 0. The number of rotatable bonds is 3. The van der Waals surface area contributed by atoms with Gasteiger partial charge in [-0.25, -0.2) is 4.39 Å². The van der Waals surface area contributed by atoms with Crippen LogP contribution in [0.1, 0.15) is 30.6 Å². The zero-order valence-corrected chi connectivity index (χ0v) is 12.2. The lowest BCUT2D eigenvalue weighted by Crippen LogP contribution is -2.36. The second-order valence-corrected chi connectivity index (χ2v) is 5.86. The minimum atomic E-state index is -4.54. The Balaban J connectivity index is 2.10. The monoisotopic (exact) mass is 333 g/mol. The van der Waals surface area contributed by atoms with Crippen LogP contribution in [0.5, 0.6) is 0 Å². The number of hydrogen-bond donors (Lipinski definition) is 1. The zero-order chi connectivity index (χ0) is 17.4. The van der Waals surface area contributed by atoms with Crippen molar-refractivity contribution in [1.82, 2.24) is 4.90 Å². The van der Waals surface area contributed by atoms with Crippen LogP contribution in [0.3, 0.4) is 0 Å². The molecule has 2 unspecified atom stereocenters. The van der Waals surface area contributed by atoms with Gasteiger partial charge in [0.05, 0.1) is 11.0 Å². The lowest BCUT2D eigenvalue weighted by molar-refractivity contribution is -0.147. The highest BCUT2D eigenvalue weighted by molar-refractivity contribution is 5.84. The van der Waals surface area contributed by atoms with E-state index in [1.807, 2.05) is 0 Å². The normalized spacial score (nSPS) is 22.9. The third-order valence-electron chi connectivity index (χ3n) is 4.05. The zero-order valence-electron chi connectivity index (χ0n) is 12.2. The van der Waals surface area contributed by atoms with Crippen molar-refractivity contribution in [2.75, 3.05) is 13.1 Å². The van der Waals surface area contributed by atoms with Crippen molar-refractivity contribution in [2.24, 2.45) is 5.41 Å². The molecule has 0 bridgehead atoms. The predicted molar refractivity (Wildman–Crippen MR) is 72.2 cm³/mol. The van der Waals surface area contributed by atoms with Gasteiger partial charge >= 0.3 is 12.1 Å². The molecule has 1 aliphatic heterocycles. The maximum atomic E-state index is 14.2. The van der Waals surface area contributed by atoms with E-state index in [2.05, 4.69) is 0 Å². The molecule has 1 heterocycles. The van der Waals surface area contributed by atoms with E-state index >= 15 is 0 Å². The molecule has 8 heteroatoms. The van der Waals surface area contributed by atoms with Crippen LogP contribution in [0.25, 0.3) is 0 Å². The van der Waals surface area contributed by atoms with Gasteiger partial charge in [-0.3, -0.25) is 9.59 Å². The number of aliphatic carboxylic acids is 1. The minimum Gasteiger partial charge on any atom is -0.481 e. The fraction of sp³-hybridized carbons (Fsp3) is 0.467. The molecule has 0 aliphatic carbocycles. The molecule has 1 N–H and O–H groups in total.